The fourth-order valence-electron chi connectivity index (χ4n) is 5.07. The number of halogens is 1. The van der Waals surface area contributed by atoms with Crippen LogP contribution in [0.1, 0.15) is 52.8 Å². The van der Waals surface area contributed by atoms with Gasteiger partial charge < -0.3 is 8.99 Å². The third kappa shape index (κ3) is 4.55. The van der Waals surface area contributed by atoms with Crippen molar-refractivity contribution >= 4 is 35.2 Å². The first-order valence-electron chi connectivity index (χ1n) is 10.7. The van der Waals surface area contributed by atoms with Crippen LogP contribution in [0, 0.1) is 0 Å². The third-order valence-electron chi connectivity index (χ3n) is 6.31. The zero-order valence-electron chi connectivity index (χ0n) is 18.6. The smallest absolute Gasteiger partial charge is 0.200 e. The van der Waals surface area contributed by atoms with E-state index in [1.807, 2.05) is 0 Å². The minimum atomic E-state index is -1.91. The van der Waals surface area contributed by atoms with Gasteiger partial charge in [0.2, 0.25) is 8.32 Å². The number of hydrogen-bond donors (Lipinski definition) is 0. The minimum absolute atomic E-state index is 0.587. The average molecular weight is 473 g/mol. The maximum Gasteiger partial charge on any atom is 0.200 e. The molecule has 0 unspecified atom stereocenters. The Hall–Kier alpha value is -1.36. The lowest BCUT2D eigenvalue weighted by molar-refractivity contribution is 0.258. The SMILES string of the molecule is CC(C)[Si](OCc1cc2cc(Br)ccc2n1Cc1ccccc1)(C(C)C)C(C)C. The van der Waals surface area contributed by atoms with Gasteiger partial charge in [-0.3, -0.25) is 0 Å². The van der Waals surface area contributed by atoms with Crippen LogP contribution in [0.2, 0.25) is 16.6 Å². The van der Waals surface area contributed by atoms with Gasteiger partial charge in [-0.15, -0.1) is 0 Å². The van der Waals surface area contributed by atoms with Crippen LogP contribution in [-0.2, 0) is 17.6 Å². The molecule has 0 aliphatic rings. The van der Waals surface area contributed by atoms with Gasteiger partial charge in [-0.05, 0) is 46.5 Å². The summed E-state index contributed by atoms with van der Waals surface area (Å²) in [7, 11) is -1.91. The molecule has 0 radical (unpaired) electrons. The number of hydrogen-bond acceptors (Lipinski definition) is 1. The maximum atomic E-state index is 6.94. The van der Waals surface area contributed by atoms with Crippen LogP contribution in [0.25, 0.3) is 10.9 Å². The van der Waals surface area contributed by atoms with Gasteiger partial charge in [0, 0.05) is 27.6 Å². The molecule has 0 spiro atoms. The second-order valence-electron chi connectivity index (χ2n) is 9.02. The molecule has 4 heteroatoms. The Morgan fingerprint density at radius 3 is 2.07 bits per heavy atom. The molecule has 2 nitrogen and oxygen atoms in total. The van der Waals surface area contributed by atoms with Crippen molar-refractivity contribution < 1.29 is 4.43 Å². The Morgan fingerprint density at radius 2 is 1.48 bits per heavy atom. The van der Waals surface area contributed by atoms with Gasteiger partial charge in [0.15, 0.2) is 0 Å². The molecule has 0 amide bonds. The number of aromatic nitrogens is 1. The summed E-state index contributed by atoms with van der Waals surface area (Å²) in [5.41, 5.74) is 5.60. The van der Waals surface area contributed by atoms with E-state index in [2.05, 4.69) is 117 Å². The lowest BCUT2D eigenvalue weighted by Gasteiger charge is -2.42. The largest absolute Gasteiger partial charge is 0.410 e. The zero-order chi connectivity index (χ0) is 21.2. The number of fused-ring (bicyclic) bond motifs is 1. The van der Waals surface area contributed by atoms with Gasteiger partial charge in [-0.1, -0.05) is 87.8 Å². The van der Waals surface area contributed by atoms with Crippen molar-refractivity contribution in [3.05, 3.63) is 70.3 Å². The van der Waals surface area contributed by atoms with Gasteiger partial charge in [0.1, 0.15) is 0 Å². The fraction of sp³-hybridized carbons (Fsp3) is 0.440. The van der Waals surface area contributed by atoms with Gasteiger partial charge >= 0.3 is 0 Å². The first-order valence-corrected chi connectivity index (χ1v) is 13.6. The minimum Gasteiger partial charge on any atom is -0.410 e. The molecule has 0 aliphatic carbocycles. The summed E-state index contributed by atoms with van der Waals surface area (Å²) in [6.07, 6.45) is 0. The molecule has 0 saturated heterocycles. The predicted octanol–water partition coefficient (Wildman–Crippen LogP) is 8.14. The molecule has 0 N–H and O–H groups in total. The standard InChI is InChI=1S/C25H34BrNOSi/c1-18(2)29(19(3)4,20(5)6)28-17-24-15-22-14-23(26)12-13-25(22)27(24)16-21-10-8-7-9-11-21/h7-15,18-20H,16-17H2,1-6H3. The summed E-state index contributed by atoms with van der Waals surface area (Å²) in [4.78, 5) is 0. The van der Waals surface area contributed by atoms with Crippen molar-refractivity contribution in [3.63, 3.8) is 0 Å². The van der Waals surface area contributed by atoms with Crippen molar-refractivity contribution in [3.8, 4) is 0 Å². The van der Waals surface area contributed by atoms with E-state index in [4.69, 9.17) is 4.43 Å². The second kappa shape index (κ2) is 9.19. The normalized spacial score (nSPS) is 12.6. The molecular weight excluding hydrogens is 438 g/mol. The van der Waals surface area contributed by atoms with Crippen LogP contribution in [0.3, 0.4) is 0 Å². The highest BCUT2D eigenvalue weighted by molar-refractivity contribution is 9.10. The van der Waals surface area contributed by atoms with Crippen molar-refractivity contribution in [1.82, 2.24) is 4.57 Å². The maximum absolute atomic E-state index is 6.94. The molecule has 3 aromatic rings. The first-order chi connectivity index (χ1) is 13.8. The van der Waals surface area contributed by atoms with Crippen molar-refractivity contribution in [2.24, 2.45) is 0 Å². The monoisotopic (exact) mass is 471 g/mol. The van der Waals surface area contributed by atoms with Crippen LogP contribution < -0.4 is 0 Å². The first kappa shape index (κ1) is 22.3. The number of nitrogens with zero attached hydrogens (tertiary/aromatic N) is 1. The van der Waals surface area contributed by atoms with Crippen LogP contribution >= 0.6 is 15.9 Å². The van der Waals surface area contributed by atoms with Gasteiger partial charge in [-0.2, -0.15) is 0 Å². The topological polar surface area (TPSA) is 14.2 Å². The summed E-state index contributed by atoms with van der Waals surface area (Å²) in [5, 5.41) is 1.26. The predicted molar refractivity (Wildman–Crippen MR) is 131 cm³/mol. The molecular formula is C25H34BrNOSi. The van der Waals surface area contributed by atoms with E-state index >= 15 is 0 Å². The molecule has 2 aromatic carbocycles. The summed E-state index contributed by atoms with van der Waals surface area (Å²) in [6, 6.07) is 19.6. The average Bonchev–Trinajstić information content (AvgIpc) is 2.98. The van der Waals surface area contributed by atoms with E-state index in [0.717, 1.165) is 11.0 Å². The highest BCUT2D eigenvalue weighted by atomic mass is 79.9. The lowest BCUT2D eigenvalue weighted by Crippen LogP contribution is -2.47. The van der Waals surface area contributed by atoms with Crippen molar-refractivity contribution in [2.45, 2.75) is 71.3 Å². The van der Waals surface area contributed by atoms with Crippen LogP contribution in [0.15, 0.2) is 59.1 Å². The summed E-state index contributed by atoms with van der Waals surface area (Å²) >= 11 is 3.63. The molecule has 156 valence electrons. The zero-order valence-corrected chi connectivity index (χ0v) is 21.2. The highest BCUT2D eigenvalue weighted by Gasteiger charge is 2.45. The number of rotatable bonds is 8. The van der Waals surface area contributed by atoms with Crippen LogP contribution in [-0.4, -0.2) is 12.9 Å². The Labute approximate surface area is 185 Å². The van der Waals surface area contributed by atoms with E-state index < -0.39 is 8.32 Å². The summed E-state index contributed by atoms with van der Waals surface area (Å²) in [6.45, 7) is 15.6. The van der Waals surface area contributed by atoms with E-state index in [0.29, 0.717) is 23.2 Å². The Bertz CT molecular complexity index is 924. The molecule has 1 aromatic heterocycles. The molecule has 1 heterocycles. The Kier molecular flexibility index (Phi) is 7.08. The molecule has 0 atom stereocenters. The molecule has 29 heavy (non-hydrogen) atoms. The second-order valence-corrected chi connectivity index (χ2v) is 15.4. The summed E-state index contributed by atoms with van der Waals surface area (Å²) < 4.78 is 10.5. The summed E-state index contributed by atoms with van der Waals surface area (Å²) in [5.74, 6) is 0. The van der Waals surface area contributed by atoms with Crippen LogP contribution in [0.4, 0.5) is 0 Å². The lowest BCUT2D eigenvalue weighted by atomic mass is 10.2. The van der Waals surface area contributed by atoms with Crippen molar-refractivity contribution in [1.29, 1.82) is 0 Å². The van der Waals surface area contributed by atoms with E-state index in [9.17, 15) is 0 Å². The van der Waals surface area contributed by atoms with E-state index in [-0.39, 0.29) is 0 Å². The molecule has 0 fully saturated rings. The molecule has 3 rings (SSSR count). The van der Waals surface area contributed by atoms with E-state index in [1.165, 1.54) is 22.2 Å². The Balaban J connectivity index is 2.00. The van der Waals surface area contributed by atoms with Crippen molar-refractivity contribution in [2.75, 3.05) is 0 Å². The quantitative estimate of drug-likeness (QED) is 0.302. The van der Waals surface area contributed by atoms with Gasteiger partial charge in [-0.25, -0.2) is 0 Å². The molecule has 0 bridgehead atoms. The van der Waals surface area contributed by atoms with E-state index in [1.54, 1.807) is 0 Å². The molecule has 0 aliphatic heterocycles. The number of benzene rings is 2. The van der Waals surface area contributed by atoms with Gasteiger partial charge in [0.05, 0.1) is 6.61 Å². The highest BCUT2D eigenvalue weighted by Crippen LogP contribution is 2.43. The fourth-order valence-corrected chi connectivity index (χ4v) is 10.8. The molecule has 0 saturated carbocycles. The third-order valence-corrected chi connectivity index (χ3v) is 12.9. The van der Waals surface area contributed by atoms with Gasteiger partial charge in [0.25, 0.3) is 0 Å². The van der Waals surface area contributed by atoms with Crippen LogP contribution in [0.5, 0.6) is 0 Å². The Morgan fingerprint density at radius 1 is 0.862 bits per heavy atom.